The Labute approximate surface area is 244 Å². The minimum absolute atomic E-state index is 0.227. The second kappa shape index (κ2) is 10.5. The zero-order chi connectivity index (χ0) is 29.5. The molecule has 5 saturated carbocycles. The highest BCUT2D eigenvalue weighted by Gasteiger charge is 2.70. The van der Waals surface area contributed by atoms with Crippen molar-refractivity contribution in [2.75, 3.05) is 6.61 Å². The van der Waals surface area contributed by atoms with Crippen molar-refractivity contribution < 1.29 is 25.5 Å². The summed E-state index contributed by atoms with van der Waals surface area (Å²) in [4.78, 5) is 0. The summed E-state index contributed by atoms with van der Waals surface area (Å²) in [6, 6.07) is 0. The fraction of sp³-hybridized carbons (Fsp3) is 1.00. The van der Waals surface area contributed by atoms with Crippen LogP contribution in [0.25, 0.3) is 0 Å². The summed E-state index contributed by atoms with van der Waals surface area (Å²) in [7, 11) is 0. The van der Waals surface area contributed by atoms with Crippen molar-refractivity contribution in [1.29, 1.82) is 0 Å². The highest BCUT2D eigenvalue weighted by atomic mass is 16.4. The third-order valence-corrected chi connectivity index (χ3v) is 15.4. The maximum absolute atomic E-state index is 10.8. The molecule has 0 bridgehead atoms. The number of hydrogen-bond donors (Lipinski definition) is 5. The van der Waals surface area contributed by atoms with Crippen LogP contribution in [-0.4, -0.2) is 56.6 Å². The topological polar surface area (TPSA) is 101 Å². The molecule has 0 aromatic rings. The predicted molar refractivity (Wildman–Crippen MR) is 159 cm³/mol. The summed E-state index contributed by atoms with van der Waals surface area (Å²) in [5.41, 5.74) is 2.03. The molecule has 5 nitrogen and oxygen atoms in total. The van der Waals surface area contributed by atoms with Gasteiger partial charge in [0.15, 0.2) is 0 Å². The predicted octanol–water partition coefficient (Wildman–Crippen LogP) is 5.94. The first-order valence-electron chi connectivity index (χ1n) is 16.9. The maximum atomic E-state index is 10.8. The molecule has 0 spiro atoms. The van der Waals surface area contributed by atoms with Gasteiger partial charge in [0.2, 0.25) is 0 Å². The van der Waals surface area contributed by atoms with Crippen molar-refractivity contribution in [1.82, 2.24) is 0 Å². The molecule has 0 aliphatic heterocycles. The van der Waals surface area contributed by atoms with Gasteiger partial charge in [-0.2, -0.15) is 0 Å². The lowest BCUT2D eigenvalue weighted by Gasteiger charge is -2.73. The van der Waals surface area contributed by atoms with Crippen molar-refractivity contribution in [2.24, 2.45) is 62.6 Å². The normalized spacial score (nSPS) is 50.0. The summed E-state index contributed by atoms with van der Waals surface area (Å²) < 4.78 is 0. The van der Waals surface area contributed by atoms with Gasteiger partial charge in [0.1, 0.15) is 18.3 Å². The molecule has 0 aromatic carbocycles. The molecule has 5 fully saturated rings. The van der Waals surface area contributed by atoms with Gasteiger partial charge in [-0.15, -0.1) is 0 Å². The Morgan fingerprint density at radius 2 is 1.20 bits per heavy atom. The summed E-state index contributed by atoms with van der Waals surface area (Å²) in [6.45, 7) is 17.4. The lowest BCUT2D eigenvalue weighted by molar-refractivity contribution is -0.241. The molecule has 5 N–H and O–H groups in total. The molecule has 5 aliphatic carbocycles. The lowest BCUT2D eigenvalue weighted by atomic mass is 9.32. The average molecular weight is 563 g/mol. The van der Waals surface area contributed by atoms with Gasteiger partial charge < -0.3 is 25.5 Å². The number of rotatable bonds is 7. The first-order chi connectivity index (χ1) is 18.6. The standard InChI is InChI=1S/C35H62O5/c1-21(19-24(37)29(39)30(40)25(38)20-36)22-11-16-32(4)23(22)12-17-34(6)27(32)9-10-28-33(5)15-8-14-31(2,3)26(33)13-18-35(28,34)7/h21-30,36-40H,8-20H2,1-7H3/t21?,22-,23+,24?,25?,26+,27-,28-,29?,30?,32+,33+,34-,35-/m1/s1. The van der Waals surface area contributed by atoms with Gasteiger partial charge in [0.25, 0.3) is 0 Å². The van der Waals surface area contributed by atoms with Crippen molar-refractivity contribution in [3.05, 3.63) is 0 Å². The van der Waals surface area contributed by atoms with Gasteiger partial charge in [-0.1, -0.05) is 54.9 Å². The van der Waals surface area contributed by atoms with E-state index in [1.54, 1.807) is 0 Å². The van der Waals surface area contributed by atoms with Crippen LogP contribution in [-0.2, 0) is 0 Å². The van der Waals surface area contributed by atoms with E-state index >= 15 is 0 Å². The average Bonchev–Trinajstić information content (AvgIpc) is 3.24. The Kier molecular flexibility index (Phi) is 8.17. The summed E-state index contributed by atoms with van der Waals surface area (Å²) in [5, 5.41) is 50.3. The highest BCUT2D eigenvalue weighted by Crippen LogP contribution is 2.78. The Hall–Kier alpha value is -0.200. The molecule has 0 heterocycles. The molecule has 0 saturated heterocycles. The van der Waals surface area contributed by atoms with Crippen molar-refractivity contribution in [3.63, 3.8) is 0 Å². The third kappa shape index (κ3) is 4.41. The highest BCUT2D eigenvalue weighted by molar-refractivity contribution is 5.19. The van der Waals surface area contributed by atoms with Crippen molar-refractivity contribution in [2.45, 2.75) is 150 Å². The lowest BCUT2D eigenvalue weighted by Crippen LogP contribution is -2.65. The molecule has 232 valence electrons. The van der Waals surface area contributed by atoms with E-state index in [4.69, 9.17) is 5.11 Å². The number of hydrogen-bond acceptors (Lipinski definition) is 5. The van der Waals surface area contributed by atoms with Gasteiger partial charge in [-0.25, -0.2) is 0 Å². The molecule has 5 aliphatic rings. The van der Waals surface area contributed by atoms with E-state index in [0.29, 0.717) is 45.3 Å². The van der Waals surface area contributed by atoms with Crippen LogP contribution in [0.4, 0.5) is 0 Å². The zero-order valence-electron chi connectivity index (χ0n) is 26.7. The Bertz CT molecular complexity index is 921. The van der Waals surface area contributed by atoms with Crippen LogP contribution in [0.3, 0.4) is 0 Å². The van der Waals surface area contributed by atoms with Crippen molar-refractivity contribution >= 4 is 0 Å². The molecule has 0 aromatic heterocycles. The van der Waals surface area contributed by atoms with E-state index in [1.165, 1.54) is 70.6 Å². The quantitative estimate of drug-likeness (QED) is 0.264. The Balaban J connectivity index is 1.34. The fourth-order valence-electron chi connectivity index (χ4n) is 13.3. The molecule has 5 heteroatoms. The molecule has 14 atom stereocenters. The molecule has 5 rings (SSSR count). The van der Waals surface area contributed by atoms with Crippen LogP contribution in [0.2, 0.25) is 0 Å². The Morgan fingerprint density at radius 3 is 1.82 bits per heavy atom. The van der Waals surface area contributed by atoms with Crippen molar-refractivity contribution in [3.8, 4) is 0 Å². The SMILES string of the molecule is CC(CC(O)C(O)C(O)C(O)CO)[C@H]1CC[C@]2(C)[C@H]3CC[C@@H]4[C@@]5(C)CCCC(C)(C)[C@@H]5CC[C@@]4(C)[C@]3(C)CC[C@@H]12. The molecular weight excluding hydrogens is 500 g/mol. The van der Waals surface area contributed by atoms with Crippen LogP contribution < -0.4 is 0 Å². The fourth-order valence-corrected chi connectivity index (χ4v) is 13.3. The van der Waals surface area contributed by atoms with Gasteiger partial charge in [-0.3, -0.25) is 0 Å². The molecule has 40 heavy (non-hydrogen) atoms. The first kappa shape index (κ1) is 31.2. The minimum Gasteiger partial charge on any atom is -0.394 e. The molecule has 5 unspecified atom stereocenters. The first-order valence-corrected chi connectivity index (χ1v) is 16.9. The van der Waals surface area contributed by atoms with Crippen LogP contribution in [0.5, 0.6) is 0 Å². The van der Waals surface area contributed by atoms with E-state index in [-0.39, 0.29) is 5.92 Å². The molecule has 0 radical (unpaired) electrons. The maximum Gasteiger partial charge on any atom is 0.110 e. The summed E-state index contributed by atoms with van der Waals surface area (Å²) in [5.74, 6) is 3.80. The Morgan fingerprint density at radius 1 is 0.625 bits per heavy atom. The van der Waals surface area contributed by atoms with Crippen LogP contribution in [0.15, 0.2) is 0 Å². The van der Waals surface area contributed by atoms with E-state index < -0.39 is 31.0 Å². The van der Waals surface area contributed by atoms with Gasteiger partial charge in [-0.05, 0) is 133 Å². The second-order valence-corrected chi connectivity index (χ2v) is 17.3. The minimum atomic E-state index is -1.54. The smallest absolute Gasteiger partial charge is 0.110 e. The van der Waals surface area contributed by atoms with E-state index in [0.717, 1.165) is 17.8 Å². The van der Waals surface area contributed by atoms with E-state index in [1.807, 2.05) is 0 Å². The van der Waals surface area contributed by atoms with Crippen LogP contribution in [0, 0.1) is 62.6 Å². The monoisotopic (exact) mass is 562 g/mol. The van der Waals surface area contributed by atoms with Gasteiger partial charge in [0, 0.05) is 0 Å². The number of aliphatic hydroxyl groups excluding tert-OH is 5. The summed E-state index contributed by atoms with van der Waals surface area (Å²) in [6.07, 6.45) is 9.59. The number of aliphatic hydroxyl groups is 5. The van der Waals surface area contributed by atoms with Gasteiger partial charge >= 0.3 is 0 Å². The van der Waals surface area contributed by atoms with Gasteiger partial charge in [0.05, 0.1) is 12.7 Å². The zero-order valence-corrected chi connectivity index (χ0v) is 26.7. The second-order valence-electron chi connectivity index (χ2n) is 17.3. The summed E-state index contributed by atoms with van der Waals surface area (Å²) >= 11 is 0. The van der Waals surface area contributed by atoms with E-state index in [9.17, 15) is 20.4 Å². The largest absolute Gasteiger partial charge is 0.394 e. The number of fused-ring (bicyclic) bond motifs is 7. The third-order valence-electron chi connectivity index (χ3n) is 15.4. The van der Waals surface area contributed by atoms with Crippen LogP contribution >= 0.6 is 0 Å². The molecule has 0 amide bonds. The van der Waals surface area contributed by atoms with E-state index in [2.05, 4.69) is 48.5 Å². The van der Waals surface area contributed by atoms with Crippen LogP contribution in [0.1, 0.15) is 126 Å². The molecular formula is C35H62O5.